The van der Waals surface area contributed by atoms with Crippen LogP contribution in [0.3, 0.4) is 0 Å². The molecule has 4 heteroatoms. The highest BCUT2D eigenvalue weighted by atomic mass is 16.5. The Hall–Kier alpha value is -3.06. The first kappa shape index (κ1) is 12.9. The average molecular weight is 276 g/mol. The maximum Gasteiger partial charge on any atom is 0.220 e. The molecule has 1 N–H and O–H groups in total. The van der Waals surface area contributed by atoms with Crippen LogP contribution in [0.1, 0.15) is 11.3 Å². The van der Waals surface area contributed by atoms with E-state index in [9.17, 15) is 5.11 Å². The molecule has 0 aliphatic carbocycles. The third-order valence-corrected chi connectivity index (χ3v) is 3.10. The molecule has 3 rings (SSSR count). The molecule has 0 saturated carbocycles. The summed E-state index contributed by atoms with van der Waals surface area (Å²) in [7, 11) is 0. The van der Waals surface area contributed by atoms with Crippen molar-refractivity contribution in [3.8, 4) is 23.4 Å². The van der Waals surface area contributed by atoms with Crippen LogP contribution < -0.4 is 4.74 Å². The van der Waals surface area contributed by atoms with Crippen molar-refractivity contribution < 1.29 is 9.84 Å². The summed E-state index contributed by atoms with van der Waals surface area (Å²) >= 11 is 0. The van der Waals surface area contributed by atoms with Crippen LogP contribution in [0.4, 0.5) is 0 Å². The van der Waals surface area contributed by atoms with E-state index in [1.54, 1.807) is 31.2 Å². The van der Waals surface area contributed by atoms with Crippen molar-refractivity contribution in [3.05, 3.63) is 59.8 Å². The van der Waals surface area contributed by atoms with E-state index < -0.39 is 0 Å². The second-order valence-corrected chi connectivity index (χ2v) is 4.72. The Balaban J connectivity index is 2.04. The molecule has 0 atom stereocenters. The average Bonchev–Trinajstić information content (AvgIpc) is 2.47. The standard InChI is InChI=1S/C17H12N2O2/c1-11-6-12(10-18)7-17(19-11)21-16-9-14-5-3-2-4-13(14)8-15(16)20/h2-9,20H,1H3. The summed E-state index contributed by atoms with van der Waals surface area (Å²) in [6.45, 7) is 1.79. The van der Waals surface area contributed by atoms with Crippen LogP contribution in [0.15, 0.2) is 48.5 Å². The molecule has 0 saturated heterocycles. The Morgan fingerprint density at radius 1 is 1.10 bits per heavy atom. The van der Waals surface area contributed by atoms with Crippen molar-refractivity contribution in [2.45, 2.75) is 6.92 Å². The molecule has 1 aromatic heterocycles. The number of hydrogen-bond donors (Lipinski definition) is 1. The number of aromatic hydroxyl groups is 1. The first-order valence-electron chi connectivity index (χ1n) is 6.44. The van der Waals surface area contributed by atoms with Crippen LogP contribution in [-0.4, -0.2) is 10.1 Å². The first-order chi connectivity index (χ1) is 10.2. The molecule has 2 aromatic carbocycles. The number of phenols is 1. The van der Waals surface area contributed by atoms with Crippen LogP contribution in [0.2, 0.25) is 0 Å². The number of phenolic OH excluding ortho intramolecular Hbond substituents is 1. The van der Waals surface area contributed by atoms with Crippen molar-refractivity contribution >= 4 is 10.8 Å². The van der Waals surface area contributed by atoms with Gasteiger partial charge in [-0.25, -0.2) is 4.98 Å². The van der Waals surface area contributed by atoms with Gasteiger partial charge >= 0.3 is 0 Å². The summed E-state index contributed by atoms with van der Waals surface area (Å²) in [5.74, 6) is 0.642. The molecule has 0 aliphatic rings. The number of rotatable bonds is 2. The highest BCUT2D eigenvalue weighted by molar-refractivity contribution is 5.86. The van der Waals surface area contributed by atoms with Crippen LogP contribution in [0.5, 0.6) is 17.4 Å². The van der Waals surface area contributed by atoms with Gasteiger partial charge in [-0.3, -0.25) is 0 Å². The zero-order valence-electron chi connectivity index (χ0n) is 11.4. The third-order valence-electron chi connectivity index (χ3n) is 3.10. The maximum absolute atomic E-state index is 10.0. The number of hydrogen-bond acceptors (Lipinski definition) is 4. The van der Waals surface area contributed by atoms with Crippen LogP contribution in [0, 0.1) is 18.3 Å². The van der Waals surface area contributed by atoms with Crippen LogP contribution >= 0.6 is 0 Å². The van der Waals surface area contributed by atoms with Crippen molar-refractivity contribution in [1.82, 2.24) is 4.98 Å². The quantitative estimate of drug-likeness (QED) is 0.770. The predicted octanol–water partition coefficient (Wildman–Crippen LogP) is 3.91. The smallest absolute Gasteiger partial charge is 0.220 e. The van der Waals surface area contributed by atoms with E-state index in [1.807, 2.05) is 24.3 Å². The molecule has 3 aromatic rings. The first-order valence-corrected chi connectivity index (χ1v) is 6.44. The molecule has 0 amide bonds. The number of aromatic nitrogens is 1. The van der Waals surface area contributed by atoms with Gasteiger partial charge in [-0.2, -0.15) is 5.26 Å². The van der Waals surface area contributed by atoms with Crippen molar-refractivity contribution in [1.29, 1.82) is 5.26 Å². The van der Waals surface area contributed by atoms with Gasteiger partial charge in [0.1, 0.15) is 0 Å². The molecule has 0 bridgehead atoms. The van der Waals surface area contributed by atoms with Gasteiger partial charge in [0.05, 0.1) is 11.6 Å². The van der Waals surface area contributed by atoms with E-state index in [1.165, 1.54) is 0 Å². The second kappa shape index (κ2) is 5.14. The number of benzene rings is 2. The topological polar surface area (TPSA) is 66.1 Å². The van der Waals surface area contributed by atoms with Gasteiger partial charge in [0.15, 0.2) is 11.5 Å². The number of pyridine rings is 1. The third kappa shape index (κ3) is 2.63. The van der Waals surface area contributed by atoms with Gasteiger partial charge in [0.2, 0.25) is 5.88 Å². The summed E-state index contributed by atoms with van der Waals surface area (Å²) < 4.78 is 5.63. The summed E-state index contributed by atoms with van der Waals surface area (Å²) in [5, 5.41) is 20.9. The minimum Gasteiger partial charge on any atom is -0.504 e. The van der Waals surface area contributed by atoms with Crippen LogP contribution in [0.25, 0.3) is 10.8 Å². The lowest BCUT2D eigenvalue weighted by atomic mass is 10.1. The normalized spacial score (nSPS) is 10.3. The highest BCUT2D eigenvalue weighted by Gasteiger charge is 2.08. The van der Waals surface area contributed by atoms with E-state index in [0.29, 0.717) is 17.0 Å². The van der Waals surface area contributed by atoms with E-state index in [-0.39, 0.29) is 11.6 Å². The molecular formula is C17H12N2O2. The Bertz CT molecular complexity index is 866. The predicted molar refractivity (Wildman–Crippen MR) is 79.4 cm³/mol. The minimum absolute atomic E-state index is 0.0375. The van der Waals surface area contributed by atoms with E-state index >= 15 is 0 Å². The second-order valence-electron chi connectivity index (χ2n) is 4.72. The number of fused-ring (bicyclic) bond motifs is 1. The number of nitrogens with zero attached hydrogens (tertiary/aromatic N) is 2. The zero-order chi connectivity index (χ0) is 14.8. The number of ether oxygens (including phenoxy) is 1. The lowest BCUT2D eigenvalue weighted by molar-refractivity contribution is 0.403. The molecule has 0 aliphatic heterocycles. The molecule has 4 nitrogen and oxygen atoms in total. The fourth-order valence-corrected chi connectivity index (χ4v) is 2.16. The summed E-state index contributed by atoms with van der Waals surface area (Å²) in [6.07, 6.45) is 0. The molecule has 0 spiro atoms. The molecular weight excluding hydrogens is 264 g/mol. The lowest BCUT2D eigenvalue weighted by Crippen LogP contribution is -1.92. The fraction of sp³-hybridized carbons (Fsp3) is 0.0588. The zero-order valence-corrected chi connectivity index (χ0v) is 11.4. The van der Waals surface area contributed by atoms with Gasteiger partial charge in [0, 0.05) is 11.8 Å². The van der Waals surface area contributed by atoms with Crippen LogP contribution in [-0.2, 0) is 0 Å². The van der Waals surface area contributed by atoms with E-state index in [0.717, 1.165) is 10.8 Å². The molecule has 21 heavy (non-hydrogen) atoms. The minimum atomic E-state index is 0.0375. The molecule has 102 valence electrons. The Morgan fingerprint density at radius 2 is 1.81 bits per heavy atom. The molecule has 0 fully saturated rings. The number of aryl methyl sites for hydroxylation is 1. The van der Waals surface area contributed by atoms with Gasteiger partial charge in [-0.1, -0.05) is 24.3 Å². The monoisotopic (exact) mass is 276 g/mol. The lowest BCUT2D eigenvalue weighted by Gasteiger charge is -2.09. The summed E-state index contributed by atoms with van der Waals surface area (Å²) in [4.78, 5) is 4.21. The fourth-order valence-electron chi connectivity index (χ4n) is 2.16. The van der Waals surface area contributed by atoms with Crippen molar-refractivity contribution in [3.63, 3.8) is 0 Å². The highest BCUT2D eigenvalue weighted by Crippen LogP contribution is 2.34. The molecule has 0 unspecified atom stereocenters. The van der Waals surface area contributed by atoms with E-state index in [2.05, 4.69) is 11.1 Å². The van der Waals surface area contributed by atoms with Gasteiger partial charge in [-0.15, -0.1) is 0 Å². The Kier molecular flexibility index (Phi) is 3.17. The molecule has 1 heterocycles. The largest absolute Gasteiger partial charge is 0.504 e. The maximum atomic E-state index is 10.0. The Morgan fingerprint density at radius 3 is 2.52 bits per heavy atom. The van der Waals surface area contributed by atoms with Gasteiger partial charge in [0.25, 0.3) is 0 Å². The Labute approximate surface area is 121 Å². The van der Waals surface area contributed by atoms with Crippen molar-refractivity contribution in [2.24, 2.45) is 0 Å². The molecule has 0 radical (unpaired) electrons. The van der Waals surface area contributed by atoms with E-state index in [4.69, 9.17) is 10.00 Å². The SMILES string of the molecule is Cc1cc(C#N)cc(Oc2cc3ccccc3cc2O)n1. The van der Waals surface area contributed by atoms with Gasteiger partial charge < -0.3 is 9.84 Å². The summed E-state index contributed by atoms with van der Waals surface area (Å²) in [5.41, 5.74) is 1.15. The summed E-state index contributed by atoms with van der Waals surface area (Å²) in [6, 6.07) is 16.3. The van der Waals surface area contributed by atoms with Crippen molar-refractivity contribution in [2.75, 3.05) is 0 Å². The number of nitriles is 1. The van der Waals surface area contributed by atoms with Gasteiger partial charge in [-0.05, 0) is 35.9 Å².